The van der Waals surface area contributed by atoms with Crippen LogP contribution in [0.1, 0.15) is 0 Å². The molecule has 0 atom stereocenters. The van der Waals surface area contributed by atoms with E-state index in [0.29, 0.717) is 0 Å². The summed E-state index contributed by atoms with van der Waals surface area (Å²) < 4.78 is 0. The molecule has 44 valence electrons. The molecular weight excluding hydrogens is 94.0 g/mol. The minimum atomic E-state index is -0.278. The summed E-state index contributed by atoms with van der Waals surface area (Å²) in [5, 5.41) is 20.2. The second-order valence-electron chi connectivity index (χ2n) is 1.28. The first-order valence-electron chi connectivity index (χ1n) is 2.15. The van der Waals surface area contributed by atoms with E-state index in [-0.39, 0.29) is 19.3 Å². The molecule has 0 aliphatic heterocycles. The van der Waals surface area contributed by atoms with Gasteiger partial charge in [0.2, 0.25) is 0 Å². The fourth-order valence-corrected chi connectivity index (χ4v) is 0.221. The Morgan fingerprint density at radius 2 is 1.86 bits per heavy atom. The Kier molecular flexibility index (Phi) is 3.98. The first-order chi connectivity index (χ1) is 3.35. The minimum absolute atomic E-state index is 0.0625. The molecule has 0 saturated carbocycles. The molecule has 0 spiro atoms. The Hall–Kier alpha value is -0.120. The monoisotopic (exact) mass is 104 g/mol. The van der Waals surface area contributed by atoms with Gasteiger partial charge < -0.3 is 15.5 Å². The van der Waals surface area contributed by atoms with Crippen LogP contribution in [0.5, 0.6) is 0 Å². The summed E-state index contributed by atoms with van der Waals surface area (Å²) in [5.41, 5.74) is 0. The molecule has 2 N–H and O–H groups in total. The van der Waals surface area contributed by atoms with Crippen molar-refractivity contribution in [3.05, 3.63) is 5.32 Å². The van der Waals surface area contributed by atoms with Crippen molar-refractivity contribution in [3.63, 3.8) is 0 Å². The van der Waals surface area contributed by atoms with Crippen molar-refractivity contribution in [2.24, 2.45) is 0 Å². The van der Waals surface area contributed by atoms with Crippen molar-refractivity contribution in [1.29, 1.82) is 0 Å². The summed E-state index contributed by atoms with van der Waals surface area (Å²) in [5.74, 6) is 0. The van der Waals surface area contributed by atoms with Crippen molar-refractivity contribution in [2.75, 3.05) is 20.3 Å². The molecule has 0 unspecified atom stereocenters. The first kappa shape index (κ1) is 6.88. The molecule has 7 heavy (non-hydrogen) atoms. The van der Waals surface area contributed by atoms with E-state index in [2.05, 4.69) is 5.32 Å². The molecule has 0 heterocycles. The van der Waals surface area contributed by atoms with Crippen LogP contribution < -0.4 is 0 Å². The molecule has 0 saturated heterocycles. The molecule has 0 aromatic carbocycles. The van der Waals surface area contributed by atoms with Crippen LogP contribution in [-0.2, 0) is 0 Å². The van der Waals surface area contributed by atoms with Crippen molar-refractivity contribution in [1.82, 2.24) is 0 Å². The zero-order valence-electron chi connectivity index (χ0n) is 4.33. The highest BCUT2D eigenvalue weighted by Crippen LogP contribution is 1.90. The maximum absolute atomic E-state index is 8.27. The minimum Gasteiger partial charge on any atom is -0.659 e. The summed E-state index contributed by atoms with van der Waals surface area (Å²) in [4.78, 5) is 0. The van der Waals surface area contributed by atoms with E-state index in [1.807, 2.05) is 0 Å². The molecule has 0 fully saturated rings. The molecule has 3 nitrogen and oxygen atoms in total. The van der Waals surface area contributed by atoms with E-state index < -0.39 is 0 Å². The molecule has 0 aliphatic carbocycles. The van der Waals surface area contributed by atoms with Crippen LogP contribution in [-0.4, -0.2) is 36.5 Å². The Morgan fingerprint density at radius 1 is 1.43 bits per heavy atom. The molecule has 0 bridgehead atoms. The number of aliphatic hydroxyl groups is 2. The average Bonchev–Trinajstić information content (AvgIpc) is 1.72. The largest absolute Gasteiger partial charge is 0.659 e. The van der Waals surface area contributed by atoms with Gasteiger partial charge in [-0.2, -0.15) is 7.05 Å². The number of aliphatic hydroxyl groups excluding tert-OH is 2. The highest BCUT2D eigenvalue weighted by Gasteiger charge is 1.86. The Bertz CT molecular complexity index is 31.2. The number of hydrogen-bond donors (Lipinski definition) is 2. The number of rotatable bonds is 3. The number of nitrogens with zero attached hydrogens (tertiary/aromatic N) is 1. The zero-order chi connectivity index (χ0) is 5.70. The maximum Gasteiger partial charge on any atom is 0.0292 e. The standard InChI is InChI=1S/C4H10NO2/c1-5-4(2-6)3-7/h4,6-7H,2-3H2,1H3/q-1. The summed E-state index contributed by atoms with van der Waals surface area (Å²) in [6.07, 6.45) is 0. The average molecular weight is 104 g/mol. The SMILES string of the molecule is C[N-]C(CO)CO. The highest BCUT2D eigenvalue weighted by atomic mass is 16.3. The molecule has 0 aliphatic rings. The van der Waals surface area contributed by atoms with E-state index in [1.165, 1.54) is 0 Å². The molecular formula is C4H10NO2-. The lowest BCUT2D eigenvalue weighted by Crippen LogP contribution is -2.15. The second kappa shape index (κ2) is 4.05. The Labute approximate surface area is 43.0 Å². The molecule has 0 aromatic rings. The summed E-state index contributed by atoms with van der Waals surface area (Å²) >= 11 is 0. The summed E-state index contributed by atoms with van der Waals surface area (Å²) in [6, 6.07) is -0.278. The van der Waals surface area contributed by atoms with Crippen molar-refractivity contribution in [2.45, 2.75) is 6.04 Å². The van der Waals surface area contributed by atoms with Gasteiger partial charge in [-0.1, -0.05) is 6.04 Å². The lowest BCUT2D eigenvalue weighted by Gasteiger charge is -2.21. The van der Waals surface area contributed by atoms with Crippen LogP contribution in [0.2, 0.25) is 0 Å². The van der Waals surface area contributed by atoms with Crippen LogP contribution in [0.3, 0.4) is 0 Å². The normalized spacial score (nSPS) is 10.3. The molecule has 0 radical (unpaired) electrons. The summed E-state index contributed by atoms with van der Waals surface area (Å²) in [6.45, 7) is -0.125. The van der Waals surface area contributed by atoms with Gasteiger partial charge in [-0.25, -0.2) is 0 Å². The third kappa shape index (κ3) is 2.56. The fourth-order valence-electron chi connectivity index (χ4n) is 0.221. The van der Waals surface area contributed by atoms with Crippen LogP contribution >= 0.6 is 0 Å². The third-order valence-corrected chi connectivity index (χ3v) is 0.787. The fraction of sp³-hybridized carbons (Fsp3) is 1.00. The smallest absolute Gasteiger partial charge is 0.0292 e. The van der Waals surface area contributed by atoms with E-state index >= 15 is 0 Å². The van der Waals surface area contributed by atoms with E-state index in [4.69, 9.17) is 10.2 Å². The van der Waals surface area contributed by atoms with E-state index in [1.54, 1.807) is 7.05 Å². The van der Waals surface area contributed by atoms with Crippen LogP contribution in [0.15, 0.2) is 0 Å². The van der Waals surface area contributed by atoms with Crippen molar-refractivity contribution >= 4 is 0 Å². The Balaban J connectivity index is 2.99. The highest BCUT2D eigenvalue weighted by molar-refractivity contribution is 4.83. The predicted octanol–water partition coefficient (Wildman–Crippen LogP) is -0.657. The number of hydrogen-bond acceptors (Lipinski definition) is 2. The topological polar surface area (TPSA) is 54.6 Å². The second-order valence-corrected chi connectivity index (χ2v) is 1.28. The van der Waals surface area contributed by atoms with Gasteiger partial charge in [-0.15, -0.1) is 0 Å². The predicted molar refractivity (Wildman–Crippen MR) is 27.2 cm³/mol. The lowest BCUT2D eigenvalue weighted by molar-refractivity contribution is 0.208. The van der Waals surface area contributed by atoms with Gasteiger partial charge in [-0.3, -0.25) is 0 Å². The summed E-state index contributed by atoms with van der Waals surface area (Å²) in [7, 11) is 1.57. The molecule has 0 amide bonds. The van der Waals surface area contributed by atoms with Crippen molar-refractivity contribution < 1.29 is 10.2 Å². The number of likely N-dealkylation sites (N-methyl/N-ethyl adjacent to an activating group) is 1. The van der Waals surface area contributed by atoms with Gasteiger partial charge in [0.25, 0.3) is 0 Å². The van der Waals surface area contributed by atoms with E-state index in [9.17, 15) is 0 Å². The maximum atomic E-state index is 8.27. The molecule has 3 heteroatoms. The van der Waals surface area contributed by atoms with E-state index in [0.717, 1.165) is 0 Å². The van der Waals surface area contributed by atoms with Gasteiger partial charge in [0, 0.05) is 13.2 Å². The van der Waals surface area contributed by atoms with Gasteiger partial charge in [0.1, 0.15) is 0 Å². The molecule has 0 rings (SSSR count). The van der Waals surface area contributed by atoms with Crippen LogP contribution in [0, 0.1) is 0 Å². The van der Waals surface area contributed by atoms with Crippen molar-refractivity contribution in [3.8, 4) is 0 Å². The Morgan fingerprint density at radius 3 is 1.86 bits per heavy atom. The quantitative estimate of drug-likeness (QED) is 0.499. The third-order valence-electron chi connectivity index (χ3n) is 0.787. The lowest BCUT2D eigenvalue weighted by atomic mass is 10.3. The van der Waals surface area contributed by atoms with Gasteiger partial charge >= 0.3 is 0 Å². The van der Waals surface area contributed by atoms with Gasteiger partial charge in [-0.05, 0) is 0 Å². The van der Waals surface area contributed by atoms with Gasteiger partial charge in [0.05, 0.1) is 0 Å². The zero-order valence-corrected chi connectivity index (χ0v) is 4.33. The van der Waals surface area contributed by atoms with Crippen LogP contribution in [0.4, 0.5) is 0 Å². The van der Waals surface area contributed by atoms with Gasteiger partial charge in [0.15, 0.2) is 0 Å². The first-order valence-corrected chi connectivity index (χ1v) is 2.15. The van der Waals surface area contributed by atoms with Crippen LogP contribution in [0.25, 0.3) is 5.32 Å². The molecule has 0 aromatic heterocycles.